The zero-order chi connectivity index (χ0) is 14.1. The van der Waals surface area contributed by atoms with Gasteiger partial charge >= 0.3 is 0 Å². The first-order valence-electron chi connectivity index (χ1n) is 7.11. The van der Waals surface area contributed by atoms with Crippen LogP contribution in [-0.2, 0) is 6.54 Å². The van der Waals surface area contributed by atoms with Crippen LogP contribution in [0.2, 0.25) is 10.0 Å². The molecule has 1 aromatic carbocycles. The Kier molecular flexibility index (Phi) is 4.20. The van der Waals surface area contributed by atoms with Crippen molar-refractivity contribution in [2.24, 2.45) is 5.92 Å². The van der Waals surface area contributed by atoms with E-state index in [1.165, 1.54) is 25.7 Å². The van der Waals surface area contributed by atoms with E-state index in [0.717, 1.165) is 17.5 Å². The van der Waals surface area contributed by atoms with Crippen molar-refractivity contribution in [3.63, 3.8) is 0 Å². The Morgan fingerprint density at radius 1 is 1.25 bits per heavy atom. The van der Waals surface area contributed by atoms with Crippen LogP contribution >= 0.6 is 23.2 Å². The van der Waals surface area contributed by atoms with E-state index in [1.54, 1.807) is 12.4 Å². The number of halogens is 2. The minimum Gasteiger partial charge on any atom is -0.391 e. The zero-order valence-electron chi connectivity index (χ0n) is 11.2. The molecule has 1 heterocycles. The lowest BCUT2D eigenvalue weighted by Crippen LogP contribution is -2.18. The Bertz CT molecular complexity index is 605. The maximum atomic E-state index is 10.3. The van der Waals surface area contributed by atoms with E-state index >= 15 is 0 Å². The summed E-state index contributed by atoms with van der Waals surface area (Å²) in [6.07, 6.45) is 7.41. The van der Waals surface area contributed by atoms with E-state index in [0.29, 0.717) is 22.5 Å². The summed E-state index contributed by atoms with van der Waals surface area (Å²) in [5.74, 6) is 0.679. The quantitative estimate of drug-likeness (QED) is 0.914. The third-order valence-electron chi connectivity index (χ3n) is 4.15. The molecule has 1 N–H and O–H groups in total. The predicted molar refractivity (Wildman–Crippen MR) is 82.3 cm³/mol. The molecule has 2 aromatic rings. The fraction of sp³-hybridized carbons (Fsp3) is 0.533. The highest BCUT2D eigenvalue weighted by molar-refractivity contribution is 6.42. The van der Waals surface area contributed by atoms with E-state index < -0.39 is 0 Å². The smallest absolute Gasteiger partial charge is 0.0959 e. The second-order valence-corrected chi connectivity index (χ2v) is 6.51. The second kappa shape index (κ2) is 5.92. The molecule has 1 aromatic heterocycles. The molecule has 3 nitrogen and oxygen atoms in total. The first-order valence-corrected chi connectivity index (χ1v) is 7.87. The summed E-state index contributed by atoms with van der Waals surface area (Å²) < 4.78 is 1.96. The molecule has 20 heavy (non-hydrogen) atoms. The number of fused-ring (bicyclic) bond motifs is 1. The van der Waals surface area contributed by atoms with Crippen molar-refractivity contribution in [3.8, 4) is 0 Å². The summed E-state index contributed by atoms with van der Waals surface area (Å²) in [5, 5.41) is 11.3. The van der Waals surface area contributed by atoms with Gasteiger partial charge in [-0.2, -0.15) is 0 Å². The normalized spacial score (nSPS) is 17.9. The Morgan fingerprint density at radius 3 is 2.70 bits per heavy atom. The number of aromatic nitrogens is 2. The molecule has 1 atom stereocenters. The van der Waals surface area contributed by atoms with Crippen LogP contribution in [0.15, 0.2) is 18.5 Å². The second-order valence-electron chi connectivity index (χ2n) is 5.69. The van der Waals surface area contributed by atoms with Gasteiger partial charge < -0.3 is 9.67 Å². The molecule has 1 fully saturated rings. The fourth-order valence-corrected chi connectivity index (χ4v) is 3.45. The number of imidazole rings is 1. The van der Waals surface area contributed by atoms with E-state index in [2.05, 4.69) is 4.98 Å². The number of rotatable bonds is 4. The van der Waals surface area contributed by atoms with Crippen LogP contribution in [0.5, 0.6) is 0 Å². The van der Waals surface area contributed by atoms with Gasteiger partial charge in [0.05, 0.1) is 40.1 Å². The van der Waals surface area contributed by atoms with Gasteiger partial charge in [-0.3, -0.25) is 0 Å². The Balaban J connectivity index is 1.75. The van der Waals surface area contributed by atoms with Crippen molar-refractivity contribution in [3.05, 3.63) is 28.5 Å². The number of benzene rings is 1. The van der Waals surface area contributed by atoms with Gasteiger partial charge in [0.15, 0.2) is 0 Å². The SMILES string of the molecule is O[C@@H](CC1CCCC1)Cn1cnc2cc(Cl)c(Cl)cc21. The predicted octanol–water partition coefficient (Wildman–Crippen LogP) is 4.28. The van der Waals surface area contributed by atoms with Gasteiger partial charge in [0, 0.05) is 0 Å². The molecule has 0 aliphatic heterocycles. The van der Waals surface area contributed by atoms with E-state index in [-0.39, 0.29) is 6.10 Å². The number of hydrogen-bond acceptors (Lipinski definition) is 2. The van der Waals surface area contributed by atoms with Crippen LogP contribution in [0.4, 0.5) is 0 Å². The third kappa shape index (κ3) is 2.95. The van der Waals surface area contributed by atoms with Gasteiger partial charge in [-0.25, -0.2) is 4.98 Å². The van der Waals surface area contributed by atoms with Crippen molar-refractivity contribution in [1.29, 1.82) is 0 Å². The number of nitrogens with zero attached hydrogens (tertiary/aromatic N) is 2. The summed E-state index contributed by atoms with van der Waals surface area (Å²) in [4.78, 5) is 4.31. The average Bonchev–Trinajstić information content (AvgIpc) is 3.02. The van der Waals surface area contributed by atoms with Gasteiger partial charge in [0.2, 0.25) is 0 Å². The Labute approximate surface area is 128 Å². The molecule has 1 aliphatic rings. The molecule has 0 unspecified atom stereocenters. The monoisotopic (exact) mass is 312 g/mol. The molecule has 1 saturated carbocycles. The minimum absolute atomic E-state index is 0.329. The minimum atomic E-state index is -0.329. The Hall–Kier alpha value is -0.770. The molecule has 1 aliphatic carbocycles. The number of hydrogen-bond donors (Lipinski definition) is 1. The maximum absolute atomic E-state index is 10.3. The standard InChI is InChI=1S/C15H18Cl2N2O/c16-12-6-14-15(7-13(12)17)19(9-18-14)8-11(20)5-10-3-1-2-4-10/h6-7,9-11,20H,1-5,8H2/t11-/m0/s1. The van der Waals surface area contributed by atoms with Crippen molar-refractivity contribution < 1.29 is 5.11 Å². The highest BCUT2D eigenvalue weighted by Crippen LogP contribution is 2.30. The van der Waals surface area contributed by atoms with Gasteiger partial charge in [0.1, 0.15) is 0 Å². The van der Waals surface area contributed by atoms with Crippen LogP contribution in [0.1, 0.15) is 32.1 Å². The van der Waals surface area contributed by atoms with Crippen LogP contribution in [0, 0.1) is 5.92 Å². The highest BCUT2D eigenvalue weighted by Gasteiger charge is 2.19. The molecule has 0 spiro atoms. The lowest BCUT2D eigenvalue weighted by molar-refractivity contribution is 0.125. The Morgan fingerprint density at radius 2 is 1.95 bits per heavy atom. The molecule has 0 radical (unpaired) electrons. The lowest BCUT2D eigenvalue weighted by atomic mass is 10.00. The first kappa shape index (κ1) is 14.2. The van der Waals surface area contributed by atoms with Crippen molar-refractivity contribution in [2.75, 3.05) is 0 Å². The number of aliphatic hydroxyl groups is 1. The van der Waals surface area contributed by atoms with Gasteiger partial charge in [-0.1, -0.05) is 48.9 Å². The molecule has 0 bridgehead atoms. The zero-order valence-corrected chi connectivity index (χ0v) is 12.7. The summed E-state index contributed by atoms with van der Waals surface area (Å²) in [6.45, 7) is 0.560. The molecular formula is C15H18Cl2N2O. The lowest BCUT2D eigenvalue weighted by Gasteiger charge is -2.16. The van der Waals surface area contributed by atoms with Crippen LogP contribution < -0.4 is 0 Å². The van der Waals surface area contributed by atoms with Crippen molar-refractivity contribution in [1.82, 2.24) is 9.55 Å². The van der Waals surface area contributed by atoms with Crippen molar-refractivity contribution in [2.45, 2.75) is 44.8 Å². The van der Waals surface area contributed by atoms with E-state index in [1.807, 2.05) is 10.6 Å². The molecule has 5 heteroatoms. The largest absolute Gasteiger partial charge is 0.391 e. The molecule has 0 saturated heterocycles. The van der Waals surface area contributed by atoms with Crippen molar-refractivity contribution >= 4 is 34.2 Å². The highest BCUT2D eigenvalue weighted by atomic mass is 35.5. The van der Waals surface area contributed by atoms with E-state index in [9.17, 15) is 5.11 Å². The summed E-state index contributed by atoms with van der Waals surface area (Å²) in [6, 6.07) is 3.58. The summed E-state index contributed by atoms with van der Waals surface area (Å²) in [5.41, 5.74) is 1.73. The molecular weight excluding hydrogens is 295 g/mol. The molecule has 3 rings (SSSR count). The summed E-state index contributed by atoms with van der Waals surface area (Å²) in [7, 11) is 0. The third-order valence-corrected chi connectivity index (χ3v) is 4.87. The summed E-state index contributed by atoms with van der Waals surface area (Å²) >= 11 is 12.0. The average molecular weight is 313 g/mol. The maximum Gasteiger partial charge on any atom is 0.0959 e. The molecule has 0 amide bonds. The van der Waals surface area contributed by atoms with Crippen LogP contribution in [0.3, 0.4) is 0 Å². The van der Waals surface area contributed by atoms with Gasteiger partial charge in [0.25, 0.3) is 0 Å². The van der Waals surface area contributed by atoms with Crippen LogP contribution in [0.25, 0.3) is 11.0 Å². The van der Waals surface area contributed by atoms with Gasteiger partial charge in [-0.15, -0.1) is 0 Å². The topological polar surface area (TPSA) is 38.0 Å². The number of aliphatic hydroxyl groups excluding tert-OH is 1. The van der Waals surface area contributed by atoms with Gasteiger partial charge in [-0.05, 0) is 24.5 Å². The first-order chi connectivity index (χ1) is 9.63. The fourth-order valence-electron chi connectivity index (χ4n) is 3.13. The van der Waals surface area contributed by atoms with Crippen LogP contribution in [-0.4, -0.2) is 20.8 Å². The molecule has 108 valence electrons. The van der Waals surface area contributed by atoms with E-state index in [4.69, 9.17) is 23.2 Å².